The number of hydrogen-bond donors (Lipinski definition) is 1. The fraction of sp³-hybridized carbons (Fsp3) is 0.615. The highest BCUT2D eigenvalue weighted by Gasteiger charge is 2.27. The number of pyridine rings is 1. The topological polar surface area (TPSA) is 42.2 Å². The van der Waals surface area contributed by atoms with Gasteiger partial charge in [0.25, 0.3) is 0 Å². The first kappa shape index (κ1) is 12.7. The molecule has 1 saturated carbocycles. The maximum absolute atomic E-state index is 5.87. The molecule has 4 heteroatoms. The molecule has 0 spiro atoms. The van der Waals surface area contributed by atoms with Crippen molar-refractivity contribution in [2.24, 2.45) is 11.7 Å². The molecule has 1 fully saturated rings. The fourth-order valence-corrected chi connectivity index (χ4v) is 2.83. The van der Waals surface area contributed by atoms with Gasteiger partial charge in [0, 0.05) is 19.3 Å². The highest BCUT2D eigenvalue weighted by molar-refractivity contribution is 6.30. The maximum atomic E-state index is 5.87. The largest absolute Gasteiger partial charge is 0.356 e. The summed E-state index contributed by atoms with van der Waals surface area (Å²) >= 11 is 5.86. The second kappa shape index (κ2) is 5.69. The number of aromatic nitrogens is 1. The Morgan fingerprint density at radius 3 is 2.82 bits per heavy atom. The van der Waals surface area contributed by atoms with Crippen LogP contribution >= 0.6 is 11.6 Å². The van der Waals surface area contributed by atoms with Crippen LogP contribution in [0.1, 0.15) is 25.7 Å². The van der Waals surface area contributed by atoms with Gasteiger partial charge in [-0.15, -0.1) is 0 Å². The van der Waals surface area contributed by atoms with Crippen molar-refractivity contribution in [3.63, 3.8) is 0 Å². The molecule has 0 aromatic carbocycles. The standard InChI is InChI=1S/C13H20ClN3/c1-17(13-7-6-11(14)9-16-13)12-5-3-2-4-10(12)8-15/h6-7,9-10,12H,2-5,8,15H2,1H3. The van der Waals surface area contributed by atoms with Crippen LogP contribution in [0.15, 0.2) is 18.3 Å². The zero-order valence-corrected chi connectivity index (χ0v) is 11.0. The molecule has 1 aliphatic rings. The number of halogens is 1. The fourth-order valence-electron chi connectivity index (χ4n) is 2.72. The minimum absolute atomic E-state index is 0.516. The molecule has 0 saturated heterocycles. The van der Waals surface area contributed by atoms with Crippen molar-refractivity contribution in [3.8, 4) is 0 Å². The van der Waals surface area contributed by atoms with Crippen LogP contribution in [0.25, 0.3) is 0 Å². The Morgan fingerprint density at radius 2 is 2.18 bits per heavy atom. The van der Waals surface area contributed by atoms with Gasteiger partial charge in [-0.05, 0) is 37.4 Å². The third kappa shape index (κ3) is 2.90. The van der Waals surface area contributed by atoms with Crippen LogP contribution in [0.2, 0.25) is 5.02 Å². The lowest BCUT2D eigenvalue weighted by molar-refractivity contribution is 0.305. The summed E-state index contributed by atoms with van der Waals surface area (Å²) in [6, 6.07) is 4.38. The molecule has 0 amide bonds. The molecule has 0 bridgehead atoms. The molecule has 3 nitrogen and oxygen atoms in total. The first-order valence-electron chi connectivity index (χ1n) is 6.27. The van der Waals surface area contributed by atoms with Gasteiger partial charge in [0.2, 0.25) is 0 Å². The van der Waals surface area contributed by atoms with E-state index in [-0.39, 0.29) is 0 Å². The molecule has 1 aliphatic carbocycles. The molecule has 1 aromatic rings. The monoisotopic (exact) mass is 253 g/mol. The molecule has 1 heterocycles. The summed E-state index contributed by atoms with van der Waals surface area (Å²) in [6.07, 6.45) is 6.74. The van der Waals surface area contributed by atoms with Crippen LogP contribution in [-0.2, 0) is 0 Å². The summed E-state index contributed by atoms with van der Waals surface area (Å²) in [7, 11) is 2.11. The second-order valence-corrected chi connectivity index (χ2v) is 5.23. The van der Waals surface area contributed by atoms with Gasteiger partial charge in [0.05, 0.1) is 5.02 Å². The van der Waals surface area contributed by atoms with Crippen LogP contribution in [0.3, 0.4) is 0 Å². The van der Waals surface area contributed by atoms with Crippen LogP contribution < -0.4 is 10.6 Å². The molecule has 2 atom stereocenters. The van der Waals surface area contributed by atoms with E-state index in [1.54, 1.807) is 6.20 Å². The molecule has 1 aromatic heterocycles. The Bertz CT molecular complexity index is 352. The van der Waals surface area contributed by atoms with E-state index in [1.165, 1.54) is 25.7 Å². The summed E-state index contributed by atoms with van der Waals surface area (Å²) < 4.78 is 0. The van der Waals surface area contributed by atoms with Gasteiger partial charge in [0.1, 0.15) is 5.82 Å². The van der Waals surface area contributed by atoms with Crippen molar-refractivity contribution in [2.45, 2.75) is 31.7 Å². The molecule has 94 valence electrons. The minimum atomic E-state index is 0.516. The van der Waals surface area contributed by atoms with Crippen LogP contribution in [0.5, 0.6) is 0 Å². The van der Waals surface area contributed by atoms with E-state index in [0.29, 0.717) is 17.0 Å². The molecule has 2 N–H and O–H groups in total. The predicted molar refractivity (Wildman–Crippen MR) is 72.5 cm³/mol. The Labute approximate surface area is 108 Å². The zero-order valence-electron chi connectivity index (χ0n) is 10.3. The minimum Gasteiger partial charge on any atom is -0.356 e. The summed E-state index contributed by atoms with van der Waals surface area (Å²) in [5.74, 6) is 1.57. The number of rotatable bonds is 3. The third-order valence-corrected chi connectivity index (χ3v) is 3.97. The Hall–Kier alpha value is -0.800. The van der Waals surface area contributed by atoms with E-state index in [1.807, 2.05) is 12.1 Å². The van der Waals surface area contributed by atoms with Crippen LogP contribution in [0.4, 0.5) is 5.82 Å². The van der Waals surface area contributed by atoms with Gasteiger partial charge in [-0.2, -0.15) is 0 Å². The maximum Gasteiger partial charge on any atom is 0.128 e. The van der Waals surface area contributed by atoms with Crippen LogP contribution in [-0.4, -0.2) is 24.6 Å². The van der Waals surface area contributed by atoms with E-state index in [2.05, 4.69) is 16.9 Å². The lowest BCUT2D eigenvalue weighted by Crippen LogP contribution is -2.43. The van der Waals surface area contributed by atoms with Gasteiger partial charge in [0.15, 0.2) is 0 Å². The van der Waals surface area contributed by atoms with Gasteiger partial charge >= 0.3 is 0 Å². The SMILES string of the molecule is CN(c1ccc(Cl)cn1)C1CCCCC1CN. The van der Waals surface area contributed by atoms with E-state index in [9.17, 15) is 0 Å². The molecular weight excluding hydrogens is 234 g/mol. The van der Waals surface area contributed by atoms with Crippen molar-refractivity contribution in [1.29, 1.82) is 0 Å². The van der Waals surface area contributed by atoms with Crippen molar-refractivity contribution in [3.05, 3.63) is 23.4 Å². The summed E-state index contributed by atoms with van der Waals surface area (Å²) in [5.41, 5.74) is 5.87. The summed E-state index contributed by atoms with van der Waals surface area (Å²) in [6.45, 7) is 0.766. The van der Waals surface area contributed by atoms with Gasteiger partial charge in [-0.3, -0.25) is 0 Å². The van der Waals surface area contributed by atoms with Crippen molar-refractivity contribution < 1.29 is 0 Å². The summed E-state index contributed by atoms with van der Waals surface area (Å²) in [4.78, 5) is 6.63. The van der Waals surface area contributed by atoms with E-state index in [4.69, 9.17) is 17.3 Å². The highest BCUT2D eigenvalue weighted by atomic mass is 35.5. The Kier molecular flexibility index (Phi) is 4.24. The average molecular weight is 254 g/mol. The van der Waals surface area contributed by atoms with Crippen molar-refractivity contribution in [2.75, 3.05) is 18.5 Å². The van der Waals surface area contributed by atoms with Gasteiger partial charge in [-0.1, -0.05) is 24.4 Å². The van der Waals surface area contributed by atoms with E-state index >= 15 is 0 Å². The first-order valence-corrected chi connectivity index (χ1v) is 6.64. The lowest BCUT2D eigenvalue weighted by Gasteiger charge is -2.38. The van der Waals surface area contributed by atoms with Gasteiger partial charge in [-0.25, -0.2) is 4.98 Å². The second-order valence-electron chi connectivity index (χ2n) is 4.79. The molecule has 0 radical (unpaired) electrons. The first-order chi connectivity index (χ1) is 8.22. The Balaban J connectivity index is 2.12. The Morgan fingerprint density at radius 1 is 1.41 bits per heavy atom. The third-order valence-electron chi connectivity index (χ3n) is 3.74. The summed E-state index contributed by atoms with van der Waals surface area (Å²) in [5, 5.41) is 0.682. The number of hydrogen-bond acceptors (Lipinski definition) is 3. The predicted octanol–water partition coefficient (Wildman–Crippen LogP) is 2.69. The quantitative estimate of drug-likeness (QED) is 0.901. The number of nitrogens with two attached hydrogens (primary N) is 1. The zero-order chi connectivity index (χ0) is 12.3. The van der Waals surface area contributed by atoms with E-state index < -0.39 is 0 Å². The average Bonchev–Trinajstić information content (AvgIpc) is 2.39. The van der Waals surface area contributed by atoms with E-state index in [0.717, 1.165) is 12.4 Å². The van der Waals surface area contributed by atoms with Crippen LogP contribution in [0, 0.1) is 5.92 Å². The number of nitrogens with zero attached hydrogens (tertiary/aromatic N) is 2. The molecular formula is C13H20ClN3. The van der Waals surface area contributed by atoms with Crippen molar-refractivity contribution >= 4 is 17.4 Å². The number of anilines is 1. The molecule has 2 rings (SSSR count). The van der Waals surface area contributed by atoms with Crippen molar-refractivity contribution in [1.82, 2.24) is 4.98 Å². The normalized spacial score (nSPS) is 24.6. The molecule has 0 aliphatic heterocycles. The highest BCUT2D eigenvalue weighted by Crippen LogP contribution is 2.29. The lowest BCUT2D eigenvalue weighted by atomic mass is 9.84. The molecule has 17 heavy (non-hydrogen) atoms. The molecule has 2 unspecified atom stereocenters. The smallest absolute Gasteiger partial charge is 0.128 e. The van der Waals surface area contributed by atoms with Gasteiger partial charge < -0.3 is 10.6 Å².